The first-order valence-corrected chi connectivity index (χ1v) is 10.5. The first kappa shape index (κ1) is 22.3. The average Bonchev–Trinajstić information content (AvgIpc) is 3.24. The molecular formula is C23H26N6O4. The van der Waals surface area contributed by atoms with E-state index in [9.17, 15) is 9.90 Å². The maximum atomic E-state index is 13.5. The van der Waals surface area contributed by atoms with Crippen LogP contribution in [0.4, 0.5) is 11.6 Å². The van der Waals surface area contributed by atoms with Gasteiger partial charge in [-0.2, -0.15) is 10.1 Å². The molecule has 172 valence electrons. The summed E-state index contributed by atoms with van der Waals surface area (Å²) in [5.74, 6) is 1.82. The van der Waals surface area contributed by atoms with Gasteiger partial charge < -0.3 is 25.2 Å². The number of para-hydroxylation sites is 1. The molecule has 0 aliphatic carbocycles. The van der Waals surface area contributed by atoms with Crippen molar-refractivity contribution in [3.8, 4) is 11.5 Å². The predicted molar refractivity (Wildman–Crippen MR) is 122 cm³/mol. The molecule has 1 aliphatic rings. The molecule has 3 aromatic rings. The number of aliphatic hydroxyl groups is 1. The summed E-state index contributed by atoms with van der Waals surface area (Å²) in [6.45, 7) is 1.86. The van der Waals surface area contributed by atoms with Gasteiger partial charge >= 0.3 is 0 Å². The number of amides is 1. The number of nitrogens with zero attached hydrogens (tertiary/aromatic N) is 4. The van der Waals surface area contributed by atoms with E-state index in [1.54, 1.807) is 49.5 Å². The van der Waals surface area contributed by atoms with E-state index >= 15 is 0 Å². The van der Waals surface area contributed by atoms with Crippen LogP contribution in [0, 0.1) is 0 Å². The zero-order valence-corrected chi connectivity index (χ0v) is 18.7. The van der Waals surface area contributed by atoms with Crippen molar-refractivity contribution in [3.05, 3.63) is 65.4 Å². The normalized spacial score (nSPS) is 15.0. The number of carbonyl (C=O) groups excluding carboxylic acids is 1. The van der Waals surface area contributed by atoms with Crippen molar-refractivity contribution < 1.29 is 19.4 Å². The van der Waals surface area contributed by atoms with Gasteiger partial charge in [-0.1, -0.05) is 12.1 Å². The highest BCUT2D eigenvalue weighted by molar-refractivity contribution is 6.06. The van der Waals surface area contributed by atoms with E-state index in [0.29, 0.717) is 58.6 Å². The Morgan fingerprint density at radius 2 is 2.09 bits per heavy atom. The third-order valence-corrected chi connectivity index (χ3v) is 5.35. The van der Waals surface area contributed by atoms with Gasteiger partial charge in [-0.05, 0) is 31.5 Å². The lowest BCUT2D eigenvalue weighted by molar-refractivity contribution is -0.113. The lowest BCUT2D eigenvalue weighted by Crippen LogP contribution is -2.31. The minimum absolute atomic E-state index is 0.0421. The van der Waals surface area contributed by atoms with Gasteiger partial charge in [0.2, 0.25) is 5.95 Å². The predicted octanol–water partition coefficient (Wildman–Crippen LogP) is 2.54. The van der Waals surface area contributed by atoms with Gasteiger partial charge in [0, 0.05) is 30.5 Å². The number of rotatable bonds is 8. The van der Waals surface area contributed by atoms with E-state index in [4.69, 9.17) is 9.47 Å². The quantitative estimate of drug-likeness (QED) is 0.478. The summed E-state index contributed by atoms with van der Waals surface area (Å²) in [5, 5.41) is 20.0. The number of fused-ring (bicyclic) bond motifs is 1. The summed E-state index contributed by atoms with van der Waals surface area (Å²) in [6, 6.07) is 8.41. The molecule has 3 heterocycles. The molecule has 4 rings (SSSR count). The highest BCUT2D eigenvalue weighted by atomic mass is 16.5. The molecular weight excluding hydrogens is 424 g/mol. The fourth-order valence-corrected chi connectivity index (χ4v) is 3.88. The van der Waals surface area contributed by atoms with Gasteiger partial charge in [0.15, 0.2) is 17.3 Å². The first-order valence-electron chi connectivity index (χ1n) is 10.5. The molecule has 0 fully saturated rings. The molecule has 2 aromatic heterocycles. The van der Waals surface area contributed by atoms with Crippen LogP contribution in [-0.2, 0) is 11.2 Å². The number of aryl methyl sites for hydroxylation is 1. The van der Waals surface area contributed by atoms with Gasteiger partial charge in [0.1, 0.15) is 6.04 Å². The molecule has 10 heteroatoms. The standard InChI is InChI=1S/C23H26N6O4/c1-14-19(22(31)26-15-7-5-11-24-13-15)20(16-8-4-9-17(32-2)21(16)33-3)29-23(25-14)27-18(28-29)10-6-12-30/h4-5,7-9,11,13,20,30H,6,10,12H2,1-3H3,(H,26,31)(H,25,27,28). The van der Waals surface area contributed by atoms with Gasteiger partial charge in [0.25, 0.3) is 5.91 Å². The number of pyridine rings is 1. The van der Waals surface area contributed by atoms with E-state index < -0.39 is 6.04 Å². The number of carbonyl (C=O) groups is 1. The number of allylic oxidation sites excluding steroid dienone is 1. The number of nitrogens with one attached hydrogen (secondary N) is 2. The first-order chi connectivity index (χ1) is 16.1. The molecule has 33 heavy (non-hydrogen) atoms. The summed E-state index contributed by atoms with van der Waals surface area (Å²) in [5.41, 5.74) is 2.37. The van der Waals surface area contributed by atoms with Crippen LogP contribution in [0.2, 0.25) is 0 Å². The van der Waals surface area contributed by atoms with Crippen LogP contribution in [-0.4, -0.2) is 51.6 Å². The van der Waals surface area contributed by atoms with E-state index in [0.717, 1.165) is 0 Å². The molecule has 0 saturated carbocycles. The second kappa shape index (κ2) is 9.70. The third-order valence-electron chi connectivity index (χ3n) is 5.35. The summed E-state index contributed by atoms with van der Waals surface area (Å²) >= 11 is 0. The fourth-order valence-electron chi connectivity index (χ4n) is 3.88. The van der Waals surface area contributed by atoms with Crippen molar-refractivity contribution in [2.75, 3.05) is 31.5 Å². The van der Waals surface area contributed by atoms with Crippen molar-refractivity contribution in [1.82, 2.24) is 19.7 Å². The van der Waals surface area contributed by atoms with E-state index in [-0.39, 0.29) is 12.5 Å². The van der Waals surface area contributed by atoms with Gasteiger partial charge in [-0.15, -0.1) is 0 Å². The largest absolute Gasteiger partial charge is 0.493 e. The Kier molecular flexibility index (Phi) is 6.55. The third kappa shape index (κ3) is 4.37. The Bertz CT molecular complexity index is 1170. The molecule has 1 aromatic carbocycles. The number of benzene rings is 1. The Balaban J connectivity index is 1.84. The lowest BCUT2D eigenvalue weighted by Gasteiger charge is -2.29. The summed E-state index contributed by atoms with van der Waals surface area (Å²) in [7, 11) is 3.12. The molecule has 0 spiro atoms. The number of aliphatic hydroxyl groups excluding tert-OH is 1. The number of ether oxygens (including phenoxy) is 2. The Morgan fingerprint density at radius 1 is 1.24 bits per heavy atom. The second-order valence-corrected chi connectivity index (χ2v) is 7.47. The molecule has 1 atom stereocenters. The van der Waals surface area contributed by atoms with Crippen LogP contribution >= 0.6 is 0 Å². The molecule has 1 aliphatic heterocycles. The summed E-state index contributed by atoms with van der Waals surface area (Å²) in [4.78, 5) is 22.1. The van der Waals surface area contributed by atoms with E-state index in [1.165, 1.54) is 0 Å². The molecule has 1 unspecified atom stereocenters. The van der Waals surface area contributed by atoms with Crippen molar-refractivity contribution >= 4 is 17.5 Å². The van der Waals surface area contributed by atoms with Crippen LogP contribution in [0.5, 0.6) is 11.5 Å². The maximum Gasteiger partial charge on any atom is 0.255 e. The summed E-state index contributed by atoms with van der Waals surface area (Å²) in [6.07, 6.45) is 4.27. The summed E-state index contributed by atoms with van der Waals surface area (Å²) < 4.78 is 12.9. The lowest BCUT2D eigenvalue weighted by atomic mass is 9.94. The van der Waals surface area contributed by atoms with Crippen molar-refractivity contribution in [2.24, 2.45) is 0 Å². The molecule has 1 amide bonds. The van der Waals surface area contributed by atoms with Crippen LogP contribution in [0.15, 0.2) is 54.0 Å². The number of methoxy groups -OCH3 is 2. The molecule has 0 saturated heterocycles. The number of hydrogen-bond acceptors (Lipinski definition) is 8. The highest BCUT2D eigenvalue weighted by Gasteiger charge is 2.36. The number of hydrogen-bond donors (Lipinski definition) is 3. The number of anilines is 2. The topological polar surface area (TPSA) is 123 Å². The maximum absolute atomic E-state index is 13.5. The van der Waals surface area contributed by atoms with Crippen molar-refractivity contribution in [2.45, 2.75) is 25.8 Å². The van der Waals surface area contributed by atoms with Gasteiger partial charge in [-0.25, -0.2) is 4.68 Å². The highest BCUT2D eigenvalue weighted by Crippen LogP contribution is 2.43. The monoisotopic (exact) mass is 450 g/mol. The van der Waals surface area contributed by atoms with Crippen molar-refractivity contribution in [1.29, 1.82) is 0 Å². The molecule has 0 radical (unpaired) electrons. The van der Waals surface area contributed by atoms with Crippen LogP contribution in [0.25, 0.3) is 0 Å². The Morgan fingerprint density at radius 3 is 2.79 bits per heavy atom. The molecule has 3 N–H and O–H groups in total. The SMILES string of the molecule is COc1cccc(C2C(C(=O)Nc3cccnc3)=C(C)Nc3nc(CCCO)nn32)c1OC. The smallest absolute Gasteiger partial charge is 0.255 e. The zero-order chi connectivity index (χ0) is 23.4. The van der Waals surface area contributed by atoms with Crippen LogP contribution in [0.3, 0.4) is 0 Å². The van der Waals surface area contributed by atoms with E-state index in [1.807, 2.05) is 19.1 Å². The van der Waals surface area contributed by atoms with Crippen molar-refractivity contribution in [3.63, 3.8) is 0 Å². The number of aromatic nitrogens is 4. The zero-order valence-electron chi connectivity index (χ0n) is 18.7. The van der Waals surface area contributed by atoms with Crippen LogP contribution in [0.1, 0.15) is 30.8 Å². The van der Waals surface area contributed by atoms with Gasteiger partial charge in [0.05, 0.1) is 31.7 Å². The molecule has 10 nitrogen and oxygen atoms in total. The Labute approximate surface area is 191 Å². The van der Waals surface area contributed by atoms with E-state index in [2.05, 4.69) is 25.7 Å². The van der Waals surface area contributed by atoms with Gasteiger partial charge in [-0.3, -0.25) is 9.78 Å². The Hall–Kier alpha value is -3.92. The minimum Gasteiger partial charge on any atom is -0.493 e. The fraction of sp³-hybridized carbons (Fsp3) is 0.304. The molecule has 0 bridgehead atoms. The average molecular weight is 450 g/mol. The second-order valence-electron chi connectivity index (χ2n) is 7.47. The van der Waals surface area contributed by atoms with Crippen LogP contribution < -0.4 is 20.1 Å². The minimum atomic E-state index is -0.627.